The maximum Gasteiger partial charge on any atom is 0.419 e. The van der Waals surface area contributed by atoms with E-state index in [0.29, 0.717) is 0 Å². The first-order chi connectivity index (χ1) is 11.7. The Kier molecular flexibility index (Phi) is 5.83. The van der Waals surface area contributed by atoms with Gasteiger partial charge >= 0.3 is 6.18 Å². The van der Waals surface area contributed by atoms with Crippen molar-refractivity contribution in [2.75, 3.05) is 26.0 Å². The minimum atomic E-state index is -4.48. The van der Waals surface area contributed by atoms with Crippen molar-refractivity contribution >= 4 is 35.4 Å². The van der Waals surface area contributed by atoms with E-state index in [1.807, 2.05) is 0 Å². The average Bonchev–Trinajstić information content (AvgIpc) is 2.99. The number of hydrogen-bond donors (Lipinski definition) is 1. The number of carbonyl (C=O) groups is 1. The van der Waals surface area contributed by atoms with Gasteiger partial charge in [0.25, 0.3) is 11.7 Å². The molecule has 0 radical (unpaired) electrons. The van der Waals surface area contributed by atoms with E-state index in [1.165, 1.54) is 6.34 Å². The van der Waals surface area contributed by atoms with Crippen LogP contribution in [0.25, 0.3) is 0 Å². The first-order valence-electron chi connectivity index (χ1n) is 7.16. The molecule has 2 heterocycles. The smallest absolute Gasteiger partial charge is 0.387 e. The van der Waals surface area contributed by atoms with Crippen LogP contribution in [0, 0.1) is 0 Å². The SMILES string of the molecule is CN(C)C=NC(=O)C1=NO[C@H](CNc2[nH+]cc(C(F)(F)F)cc2Cl)C1. The third-order valence-electron chi connectivity index (χ3n) is 3.11. The molecule has 0 aliphatic carbocycles. The van der Waals surface area contributed by atoms with Crippen LogP contribution >= 0.6 is 11.6 Å². The number of halogens is 4. The Bertz CT molecular complexity index is 706. The lowest BCUT2D eigenvalue weighted by Gasteiger charge is -2.08. The molecule has 25 heavy (non-hydrogen) atoms. The summed E-state index contributed by atoms with van der Waals surface area (Å²) in [5.74, 6) is -0.293. The molecule has 1 amide bonds. The third kappa shape index (κ3) is 5.31. The maximum absolute atomic E-state index is 12.6. The summed E-state index contributed by atoms with van der Waals surface area (Å²) in [5.41, 5.74) is -0.706. The number of oxime groups is 1. The number of H-pyrrole nitrogens is 1. The van der Waals surface area contributed by atoms with Gasteiger partial charge in [-0.25, -0.2) is 4.98 Å². The number of aliphatic imine (C=N–C) groups is 1. The predicted molar refractivity (Wildman–Crippen MR) is 85.6 cm³/mol. The van der Waals surface area contributed by atoms with Crippen molar-refractivity contribution in [2.24, 2.45) is 10.1 Å². The number of rotatable bonds is 5. The van der Waals surface area contributed by atoms with Gasteiger partial charge in [0.05, 0.1) is 11.9 Å². The molecular formula is C14H16ClF3N5O2+. The van der Waals surface area contributed by atoms with Crippen molar-refractivity contribution in [3.63, 3.8) is 0 Å². The first kappa shape index (κ1) is 19.0. The Hall–Kier alpha value is -2.36. The normalized spacial score (nSPS) is 17.4. The van der Waals surface area contributed by atoms with Crippen molar-refractivity contribution in [1.82, 2.24) is 4.90 Å². The molecule has 0 saturated heterocycles. The minimum absolute atomic E-state index is 0.111. The number of alkyl halides is 3. The predicted octanol–water partition coefficient (Wildman–Crippen LogP) is 1.85. The van der Waals surface area contributed by atoms with Gasteiger partial charge in [-0.05, 0) is 6.07 Å². The molecule has 1 aliphatic rings. The van der Waals surface area contributed by atoms with Crippen LogP contribution in [-0.4, -0.2) is 49.6 Å². The van der Waals surface area contributed by atoms with Crippen molar-refractivity contribution in [1.29, 1.82) is 0 Å². The van der Waals surface area contributed by atoms with Gasteiger partial charge in [0.2, 0.25) is 0 Å². The van der Waals surface area contributed by atoms with Gasteiger partial charge in [-0.3, -0.25) is 10.1 Å². The highest BCUT2D eigenvalue weighted by Crippen LogP contribution is 2.31. The summed E-state index contributed by atoms with van der Waals surface area (Å²) >= 11 is 5.83. The van der Waals surface area contributed by atoms with E-state index in [1.54, 1.807) is 19.0 Å². The molecule has 0 fully saturated rings. The molecule has 1 atom stereocenters. The molecule has 2 rings (SSSR count). The summed E-state index contributed by atoms with van der Waals surface area (Å²) < 4.78 is 37.7. The first-order valence-corrected chi connectivity index (χ1v) is 7.54. The molecule has 0 bridgehead atoms. The summed E-state index contributed by atoms with van der Waals surface area (Å²) in [6, 6.07) is 0.817. The fourth-order valence-electron chi connectivity index (χ4n) is 1.89. The number of aromatic nitrogens is 1. The zero-order chi connectivity index (χ0) is 18.6. The summed E-state index contributed by atoms with van der Waals surface area (Å²) in [5, 5.41) is 6.40. The lowest BCUT2D eigenvalue weighted by molar-refractivity contribution is -0.364. The van der Waals surface area contributed by atoms with Crippen molar-refractivity contribution < 1.29 is 27.8 Å². The van der Waals surface area contributed by atoms with Gasteiger partial charge in [-0.2, -0.15) is 18.2 Å². The molecule has 0 unspecified atom stereocenters. The van der Waals surface area contributed by atoms with Gasteiger partial charge in [0.1, 0.15) is 17.8 Å². The number of pyridine rings is 1. The Morgan fingerprint density at radius 1 is 1.60 bits per heavy atom. The van der Waals surface area contributed by atoms with E-state index < -0.39 is 23.8 Å². The number of anilines is 1. The highest BCUT2D eigenvalue weighted by atomic mass is 35.5. The van der Waals surface area contributed by atoms with Gasteiger partial charge in [-0.15, -0.1) is 0 Å². The number of aromatic amines is 1. The van der Waals surface area contributed by atoms with Gasteiger partial charge in [-0.1, -0.05) is 16.8 Å². The lowest BCUT2D eigenvalue weighted by atomic mass is 10.1. The van der Waals surface area contributed by atoms with Crippen LogP contribution in [0.15, 0.2) is 22.4 Å². The van der Waals surface area contributed by atoms with E-state index in [4.69, 9.17) is 16.4 Å². The molecule has 1 aromatic rings. The van der Waals surface area contributed by atoms with Crippen LogP contribution < -0.4 is 10.3 Å². The quantitative estimate of drug-likeness (QED) is 0.626. The molecule has 1 aromatic heterocycles. The van der Waals surface area contributed by atoms with Crippen LogP contribution in [0.3, 0.4) is 0 Å². The molecule has 0 spiro atoms. The standard InChI is InChI=1S/C14H15ClF3N5O2/c1-23(2)7-21-13(24)11-4-9(25-22-11)6-20-12-10(15)3-8(5-19-12)14(16,17)18/h3,5,7,9H,4,6H2,1-2H3,(H,19,20)/p+1/t9-/m0/s1. The minimum Gasteiger partial charge on any atom is -0.387 e. The van der Waals surface area contributed by atoms with Crippen LogP contribution in [0.4, 0.5) is 19.0 Å². The third-order valence-corrected chi connectivity index (χ3v) is 3.41. The maximum atomic E-state index is 12.6. The number of nitrogens with one attached hydrogen (secondary N) is 2. The fraction of sp³-hybridized carbons (Fsp3) is 0.429. The van der Waals surface area contributed by atoms with Gasteiger partial charge < -0.3 is 9.74 Å². The van der Waals surface area contributed by atoms with E-state index in [-0.39, 0.29) is 29.5 Å². The summed E-state index contributed by atoms with van der Waals surface area (Å²) in [6.45, 7) is 0.194. The number of carbonyl (C=O) groups excluding carboxylic acids is 1. The van der Waals surface area contributed by atoms with Gasteiger partial charge in [0, 0.05) is 20.5 Å². The van der Waals surface area contributed by atoms with E-state index in [2.05, 4.69) is 20.4 Å². The number of nitrogens with zero attached hydrogens (tertiary/aromatic N) is 3. The number of amides is 1. The number of hydrogen-bond acceptors (Lipinski definition) is 4. The fourth-order valence-corrected chi connectivity index (χ4v) is 2.13. The monoisotopic (exact) mass is 378 g/mol. The van der Waals surface area contributed by atoms with Crippen LogP contribution in [0.1, 0.15) is 12.0 Å². The topological polar surface area (TPSA) is 80.4 Å². The molecule has 0 aromatic carbocycles. The van der Waals surface area contributed by atoms with E-state index in [0.717, 1.165) is 12.3 Å². The summed E-state index contributed by atoms with van der Waals surface area (Å²) in [7, 11) is 3.45. The molecule has 0 saturated carbocycles. The van der Waals surface area contributed by atoms with Crippen molar-refractivity contribution in [2.45, 2.75) is 18.7 Å². The Labute approximate surface area is 146 Å². The summed E-state index contributed by atoms with van der Waals surface area (Å²) in [6.07, 6.45) is -2.54. The Morgan fingerprint density at radius 3 is 2.92 bits per heavy atom. The van der Waals surface area contributed by atoms with Crippen molar-refractivity contribution in [3.8, 4) is 0 Å². The Morgan fingerprint density at radius 2 is 2.32 bits per heavy atom. The van der Waals surface area contributed by atoms with E-state index >= 15 is 0 Å². The van der Waals surface area contributed by atoms with E-state index in [9.17, 15) is 18.0 Å². The second kappa shape index (κ2) is 7.68. The van der Waals surface area contributed by atoms with Crippen molar-refractivity contribution in [3.05, 3.63) is 22.8 Å². The Balaban J connectivity index is 1.89. The molecule has 1 aliphatic heterocycles. The van der Waals surface area contributed by atoms with Crippen LogP contribution in [0.5, 0.6) is 0 Å². The second-order valence-corrected chi connectivity index (χ2v) is 5.88. The van der Waals surface area contributed by atoms with Crippen LogP contribution in [0.2, 0.25) is 5.02 Å². The molecule has 2 N–H and O–H groups in total. The van der Waals surface area contributed by atoms with Crippen LogP contribution in [-0.2, 0) is 15.8 Å². The molecule has 136 valence electrons. The highest BCUT2D eigenvalue weighted by Gasteiger charge is 2.33. The zero-order valence-corrected chi connectivity index (χ0v) is 14.1. The largest absolute Gasteiger partial charge is 0.419 e. The highest BCUT2D eigenvalue weighted by molar-refractivity contribution is 6.40. The zero-order valence-electron chi connectivity index (χ0n) is 13.4. The summed E-state index contributed by atoms with van der Waals surface area (Å²) in [4.78, 5) is 24.6. The average molecular weight is 379 g/mol. The molecule has 7 nitrogen and oxygen atoms in total. The van der Waals surface area contributed by atoms with Gasteiger partial charge in [0.15, 0.2) is 11.8 Å². The molecule has 11 heteroatoms. The molecular weight excluding hydrogens is 363 g/mol. The second-order valence-electron chi connectivity index (χ2n) is 5.47. The lowest BCUT2D eigenvalue weighted by Crippen LogP contribution is -2.25.